The van der Waals surface area contributed by atoms with Crippen LogP contribution in [-0.4, -0.2) is 5.54 Å². The Morgan fingerprint density at radius 3 is 2.14 bits per heavy atom. The second kappa shape index (κ2) is 2.31. The third kappa shape index (κ3) is 5.96. The highest BCUT2D eigenvalue weighted by Gasteiger charge is 2.06. The standard InChI is InChI=1S/C6H14N/c1-4-5-6(2,3)7/h2,4-5,7H2,1,3H3. The summed E-state index contributed by atoms with van der Waals surface area (Å²) >= 11 is 0. The predicted octanol–water partition coefficient (Wildman–Crippen LogP) is 1.34. The molecule has 1 radical (unpaired) electrons. The topological polar surface area (TPSA) is 26.0 Å². The fourth-order valence-electron chi connectivity index (χ4n) is 0.571. The third-order valence-electron chi connectivity index (χ3n) is 0.821. The molecule has 0 rings (SSSR count). The van der Waals surface area contributed by atoms with Crippen LogP contribution in [0.2, 0.25) is 0 Å². The van der Waals surface area contributed by atoms with Gasteiger partial charge >= 0.3 is 0 Å². The summed E-state index contributed by atoms with van der Waals surface area (Å²) in [5.41, 5.74) is 5.34. The van der Waals surface area contributed by atoms with Crippen LogP contribution in [0.5, 0.6) is 0 Å². The Hall–Kier alpha value is -0.0400. The SMILES string of the molecule is [CH2]C(C)(N)CCC. The van der Waals surface area contributed by atoms with Crippen LogP contribution in [-0.2, 0) is 0 Å². The Balaban J connectivity index is 3.15. The predicted molar refractivity (Wildman–Crippen MR) is 32.9 cm³/mol. The van der Waals surface area contributed by atoms with Crippen molar-refractivity contribution in [2.24, 2.45) is 5.73 Å². The zero-order valence-electron chi connectivity index (χ0n) is 5.20. The maximum atomic E-state index is 5.53. The molecule has 0 saturated carbocycles. The van der Waals surface area contributed by atoms with Crippen molar-refractivity contribution in [1.29, 1.82) is 0 Å². The van der Waals surface area contributed by atoms with Crippen LogP contribution in [0.4, 0.5) is 0 Å². The van der Waals surface area contributed by atoms with Crippen molar-refractivity contribution in [3.8, 4) is 0 Å². The van der Waals surface area contributed by atoms with Crippen LogP contribution < -0.4 is 5.73 Å². The smallest absolute Gasteiger partial charge is 0.0126 e. The number of hydrogen-bond acceptors (Lipinski definition) is 1. The number of rotatable bonds is 2. The first kappa shape index (κ1) is 6.96. The van der Waals surface area contributed by atoms with E-state index in [0.717, 1.165) is 12.8 Å². The van der Waals surface area contributed by atoms with E-state index in [-0.39, 0.29) is 5.54 Å². The molecule has 0 aromatic heterocycles. The molecule has 0 spiro atoms. The van der Waals surface area contributed by atoms with Crippen molar-refractivity contribution < 1.29 is 0 Å². The zero-order valence-corrected chi connectivity index (χ0v) is 5.20. The first-order valence-electron chi connectivity index (χ1n) is 2.70. The molecule has 0 heterocycles. The lowest BCUT2D eigenvalue weighted by atomic mass is 10.0. The first-order valence-corrected chi connectivity index (χ1v) is 2.70. The molecule has 1 atom stereocenters. The number of hydrogen-bond donors (Lipinski definition) is 1. The Labute approximate surface area is 45.9 Å². The fraction of sp³-hybridized carbons (Fsp3) is 0.833. The van der Waals surface area contributed by atoms with Gasteiger partial charge < -0.3 is 5.73 Å². The summed E-state index contributed by atoms with van der Waals surface area (Å²) in [6.45, 7) is 7.79. The van der Waals surface area contributed by atoms with Crippen LogP contribution in [0.1, 0.15) is 26.7 Å². The summed E-state index contributed by atoms with van der Waals surface area (Å²) in [6.07, 6.45) is 2.13. The molecule has 0 aliphatic rings. The molecule has 0 bridgehead atoms. The second-order valence-electron chi connectivity index (χ2n) is 2.40. The van der Waals surface area contributed by atoms with E-state index in [9.17, 15) is 0 Å². The highest BCUT2D eigenvalue weighted by atomic mass is 14.7. The lowest BCUT2D eigenvalue weighted by Gasteiger charge is -2.15. The maximum Gasteiger partial charge on any atom is 0.0126 e. The molecule has 43 valence electrons. The van der Waals surface area contributed by atoms with Gasteiger partial charge in [-0.2, -0.15) is 0 Å². The van der Waals surface area contributed by atoms with E-state index < -0.39 is 0 Å². The Morgan fingerprint density at radius 2 is 2.14 bits per heavy atom. The van der Waals surface area contributed by atoms with Gasteiger partial charge in [0.15, 0.2) is 0 Å². The van der Waals surface area contributed by atoms with Gasteiger partial charge in [0.05, 0.1) is 0 Å². The first-order chi connectivity index (χ1) is 3.06. The van der Waals surface area contributed by atoms with Crippen molar-refractivity contribution in [2.75, 3.05) is 0 Å². The molecular weight excluding hydrogens is 86.1 g/mol. The number of nitrogens with two attached hydrogens (primary N) is 1. The fourth-order valence-corrected chi connectivity index (χ4v) is 0.571. The van der Waals surface area contributed by atoms with Gasteiger partial charge in [0, 0.05) is 5.54 Å². The maximum absolute atomic E-state index is 5.53. The lowest BCUT2D eigenvalue weighted by Crippen LogP contribution is -2.31. The Morgan fingerprint density at radius 1 is 1.71 bits per heavy atom. The van der Waals surface area contributed by atoms with E-state index in [1.54, 1.807) is 0 Å². The van der Waals surface area contributed by atoms with Gasteiger partial charge in [0.1, 0.15) is 0 Å². The van der Waals surface area contributed by atoms with E-state index in [1.807, 2.05) is 6.92 Å². The second-order valence-corrected chi connectivity index (χ2v) is 2.40. The summed E-state index contributed by atoms with van der Waals surface area (Å²) in [6, 6.07) is 0. The zero-order chi connectivity index (χ0) is 5.91. The molecule has 0 aliphatic heterocycles. The average molecular weight is 100 g/mol. The molecule has 0 saturated heterocycles. The summed E-state index contributed by atoms with van der Waals surface area (Å²) in [7, 11) is 0. The molecule has 2 N–H and O–H groups in total. The summed E-state index contributed by atoms with van der Waals surface area (Å²) < 4.78 is 0. The minimum atomic E-state index is -0.200. The molecule has 0 fully saturated rings. The van der Waals surface area contributed by atoms with Gasteiger partial charge in [0.25, 0.3) is 0 Å². The molecule has 0 amide bonds. The van der Waals surface area contributed by atoms with Crippen molar-refractivity contribution >= 4 is 0 Å². The monoisotopic (exact) mass is 100 g/mol. The van der Waals surface area contributed by atoms with Gasteiger partial charge in [-0.25, -0.2) is 0 Å². The quantitative estimate of drug-likeness (QED) is 0.556. The van der Waals surface area contributed by atoms with Crippen LogP contribution in [0.25, 0.3) is 0 Å². The van der Waals surface area contributed by atoms with Gasteiger partial charge in [-0.15, -0.1) is 0 Å². The van der Waals surface area contributed by atoms with Gasteiger partial charge in [-0.3, -0.25) is 0 Å². The third-order valence-corrected chi connectivity index (χ3v) is 0.821. The summed E-state index contributed by atoms with van der Waals surface area (Å²) in [5, 5.41) is 0. The minimum Gasteiger partial charge on any atom is -0.325 e. The molecule has 1 heteroatoms. The van der Waals surface area contributed by atoms with Gasteiger partial charge in [-0.1, -0.05) is 13.3 Å². The van der Waals surface area contributed by atoms with Crippen molar-refractivity contribution in [1.82, 2.24) is 0 Å². The van der Waals surface area contributed by atoms with E-state index in [2.05, 4.69) is 13.8 Å². The Kier molecular flexibility index (Phi) is 2.30. The summed E-state index contributed by atoms with van der Waals surface area (Å²) in [5.74, 6) is 0. The molecule has 7 heavy (non-hydrogen) atoms. The highest BCUT2D eigenvalue weighted by molar-refractivity contribution is 4.79. The van der Waals surface area contributed by atoms with E-state index >= 15 is 0 Å². The van der Waals surface area contributed by atoms with Crippen LogP contribution in [0, 0.1) is 6.92 Å². The van der Waals surface area contributed by atoms with Crippen LogP contribution in [0.3, 0.4) is 0 Å². The molecular formula is C6H14N. The highest BCUT2D eigenvalue weighted by Crippen LogP contribution is 2.04. The molecule has 1 unspecified atom stereocenters. The van der Waals surface area contributed by atoms with Gasteiger partial charge in [-0.05, 0) is 20.3 Å². The van der Waals surface area contributed by atoms with Gasteiger partial charge in [0.2, 0.25) is 0 Å². The molecule has 1 nitrogen and oxygen atoms in total. The van der Waals surface area contributed by atoms with Crippen LogP contribution in [0.15, 0.2) is 0 Å². The van der Waals surface area contributed by atoms with E-state index in [1.165, 1.54) is 0 Å². The normalized spacial score (nSPS) is 12.0. The molecule has 0 aromatic rings. The summed E-state index contributed by atoms with van der Waals surface area (Å²) in [4.78, 5) is 0. The van der Waals surface area contributed by atoms with E-state index in [0.29, 0.717) is 0 Å². The van der Waals surface area contributed by atoms with E-state index in [4.69, 9.17) is 5.73 Å². The van der Waals surface area contributed by atoms with Crippen molar-refractivity contribution in [2.45, 2.75) is 32.2 Å². The minimum absolute atomic E-state index is 0.200. The Bertz CT molecular complexity index is 42.6. The van der Waals surface area contributed by atoms with Crippen molar-refractivity contribution in [3.05, 3.63) is 6.92 Å². The van der Waals surface area contributed by atoms with Crippen molar-refractivity contribution in [3.63, 3.8) is 0 Å². The molecule has 0 aromatic carbocycles. The lowest BCUT2D eigenvalue weighted by molar-refractivity contribution is 0.521. The average Bonchev–Trinajstić information content (AvgIpc) is 1.30. The van der Waals surface area contributed by atoms with Crippen LogP contribution >= 0.6 is 0 Å². The molecule has 0 aliphatic carbocycles. The largest absolute Gasteiger partial charge is 0.325 e.